The molecule has 0 bridgehead atoms. The van der Waals surface area contributed by atoms with E-state index >= 15 is 0 Å². The summed E-state index contributed by atoms with van der Waals surface area (Å²) in [6.07, 6.45) is 3.45. The topological polar surface area (TPSA) is 67.1 Å². The van der Waals surface area contributed by atoms with Crippen LogP contribution in [0.5, 0.6) is 5.75 Å². The number of fused-ring (bicyclic) bond motifs is 1. The maximum Gasteiger partial charge on any atom is 0.272 e. The second-order valence-electron chi connectivity index (χ2n) is 6.23. The first-order chi connectivity index (χ1) is 12.6. The molecule has 3 heterocycles. The first-order valence-electron chi connectivity index (χ1n) is 8.34. The third-order valence-corrected chi connectivity index (χ3v) is 5.56. The maximum absolute atomic E-state index is 14.0. The van der Waals surface area contributed by atoms with Crippen molar-refractivity contribution in [1.29, 1.82) is 0 Å². The summed E-state index contributed by atoms with van der Waals surface area (Å²) in [6.45, 7) is 0.617. The lowest BCUT2D eigenvalue weighted by atomic mass is 10.1. The lowest BCUT2D eigenvalue weighted by molar-refractivity contribution is 0.0671. The number of aliphatic hydroxyl groups is 1. The molecule has 1 aromatic carbocycles. The SMILES string of the molecule is COc1ccc(-c2cn3c(C(=O)N4CCCC4CO)csc3n2)cc1F. The molecule has 1 saturated heterocycles. The van der Waals surface area contributed by atoms with Gasteiger partial charge in [0.1, 0.15) is 5.69 Å². The third kappa shape index (κ3) is 2.75. The van der Waals surface area contributed by atoms with Gasteiger partial charge < -0.3 is 14.7 Å². The molecular formula is C18H18FN3O3S. The molecule has 1 aliphatic rings. The number of imidazole rings is 1. The van der Waals surface area contributed by atoms with E-state index in [0.717, 1.165) is 12.8 Å². The van der Waals surface area contributed by atoms with Gasteiger partial charge in [0.25, 0.3) is 5.91 Å². The second-order valence-corrected chi connectivity index (χ2v) is 7.06. The molecule has 1 aliphatic heterocycles. The fourth-order valence-corrected chi connectivity index (χ4v) is 4.19. The minimum absolute atomic E-state index is 0.0284. The van der Waals surface area contributed by atoms with E-state index < -0.39 is 5.82 Å². The van der Waals surface area contributed by atoms with Gasteiger partial charge in [-0.05, 0) is 31.0 Å². The average molecular weight is 375 g/mol. The Morgan fingerprint density at radius 2 is 2.35 bits per heavy atom. The summed E-state index contributed by atoms with van der Waals surface area (Å²) in [7, 11) is 1.42. The number of carbonyl (C=O) groups excluding carboxylic acids is 1. The van der Waals surface area contributed by atoms with Crippen molar-refractivity contribution in [1.82, 2.24) is 14.3 Å². The van der Waals surface area contributed by atoms with Crippen LogP contribution in [0.3, 0.4) is 0 Å². The Morgan fingerprint density at radius 3 is 3.08 bits per heavy atom. The van der Waals surface area contributed by atoms with E-state index in [1.165, 1.54) is 24.5 Å². The number of ether oxygens (including phenoxy) is 1. The Labute approximate surface area is 153 Å². The minimum atomic E-state index is -0.458. The van der Waals surface area contributed by atoms with Crippen LogP contribution in [-0.2, 0) is 0 Å². The number of rotatable bonds is 4. The number of benzene rings is 1. The molecule has 1 amide bonds. The summed E-state index contributed by atoms with van der Waals surface area (Å²) in [5.74, 6) is -0.395. The lowest BCUT2D eigenvalue weighted by Crippen LogP contribution is -2.38. The zero-order valence-corrected chi connectivity index (χ0v) is 15.0. The Balaban J connectivity index is 1.69. The molecule has 3 aromatic rings. The van der Waals surface area contributed by atoms with Crippen molar-refractivity contribution in [3.63, 3.8) is 0 Å². The first-order valence-corrected chi connectivity index (χ1v) is 9.22. The van der Waals surface area contributed by atoms with Gasteiger partial charge in [0, 0.05) is 23.7 Å². The predicted octanol–water partition coefficient (Wildman–Crippen LogP) is 2.81. The van der Waals surface area contributed by atoms with Crippen molar-refractivity contribution in [3.8, 4) is 17.0 Å². The van der Waals surface area contributed by atoms with Crippen LogP contribution in [0.2, 0.25) is 0 Å². The highest BCUT2D eigenvalue weighted by molar-refractivity contribution is 7.15. The number of hydrogen-bond acceptors (Lipinski definition) is 5. The molecule has 4 rings (SSSR count). The number of thiazole rings is 1. The van der Waals surface area contributed by atoms with Crippen LogP contribution in [0, 0.1) is 5.82 Å². The van der Waals surface area contributed by atoms with Gasteiger partial charge in [0.2, 0.25) is 0 Å². The quantitative estimate of drug-likeness (QED) is 0.762. The molecule has 1 N–H and O–H groups in total. The number of amides is 1. The number of nitrogens with zero attached hydrogens (tertiary/aromatic N) is 3. The second kappa shape index (κ2) is 6.69. The predicted molar refractivity (Wildman–Crippen MR) is 96.2 cm³/mol. The van der Waals surface area contributed by atoms with Crippen LogP contribution in [0.4, 0.5) is 4.39 Å². The maximum atomic E-state index is 14.0. The van der Waals surface area contributed by atoms with E-state index in [1.807, 2.05) is 0 Å². The molecule has 0 aliphatic carbocycles. The van der Waals surface area contributed by atoms with E-state index in [4.69, 9.17) is 4.74 Å². The third-order valence-electron chi connectivity index (χ3n) is 4.72. The molecular weight excluding hydrogens is 357 g/mol. The molecule has 1 atom stereocenters. The average Bonchev–Trinajstić information content (AvgIpc) is 3.35. The first kappa shape index (κ1) is 17.0. The van der Waals surface area contributed by atoms with Gasteiger partial charge in [0.15, 0.2) is 16.5 Å². The molecule has 0 radical (unpaired) electrons. The van der Waals surface area contributed by atoms with E-state index in [0.29, 0.717) is 28.5 Å². The van der Waals surface area contributed by atoms with Gasteiger partial charge in [-0.25, -0.2) is 9.37 Å². The largest absolute Gasteiger partial charge is 0.494 e. The number of methoxy groups -OCH3 is 1. The van der Waals surface area contributed by atoms with Crippen molar-refractivity contribution < 1.29 is 19.0 Å². The molecule has 0 spiro atoms. The highest BCUT2D eigenvalue weighted by atomic mass is 32.1. The highest BCUT2D eigenvalue weighted by Gasteiger charge is 2.30. The van der Waals surface area contributed by atoms with Crippen molar-refractivity contribution >= 4 is 22.2 Å². The zero-order chi connectivity index (χ0) is 18.3. The summed E-state index contributed by atoms with van der Waals surface area (Å²) in [5.41, 5.74) is 1.72. The smallest absolute Gasteiger partial charge is 0.272 e. The van der Waals surface area contributed by atoms with E-state index in [2.05, 4.69) is 4.98 Å². The van der Waals surface area contributed by atoms with E-state index in [9.17, 15) is 14.3 Å². The summed E-state index contributed by atoms with van der Waals surface area (Å²) in [4.78, 5) is 19.8. The molecule has 2 aromatic heterocycles. The monoisotopic (exact) mass is 375 g/mol. The van der Waals surface area contributed by atoms with Crippen LogP contribution in [0.1, 0.15) is 23.3 Å². The summed E-state index contributed by atoms with van der Waals surface area (Å²) >= 11 is 1.36. The molecule has 136 valence electrons. The molecule has 26 heavy (non-hydrogen) atoms. The summed E-state index contributed by atoms with van der Waals surface area (Å²) < 4.78 is 20.6. The number of halogens is 1. The fourth-order valence-electron chi connectivity index (χ4n) is 3.34. The van der Waals surface area contributed by atoms with Crippen LogP contribution in [0.15, 0.2) is 29.8 Å². The molecule has 8 heteroatoms. The number of hydrogen-bond donors (Lipinski definition) is 1. The lowest BCUT2D eigenvalue weighted by Gasteiger charge is -2.22. The standard InChI is InChI=1S/C18H18FN3O3S/c1-25-16-5-4-11(7-13(16)19)14-8-22-15(10-26-18(22)20-14)17(24)21-6-2-3-12(21)9-23/h4-5,7-8,10,12,23H,2-3,6,9H2,1H3. The van der Waals surface area contributed by atoms with Crippen molar-refractivity contribution in [2.75, 3.05) is 20.3 Å². The van der Waals surface area contributed by atoms with Gasteiger partial charge in [-0.2, -0.15) is 0 Å². The Kier molecular flexibility index (Phi) is 4.37. The normalized spacial score (nSPS) is 17.2. The summed E-state index contributed by atoms with van der Waals surface area (Å²) in [5, 5.41) is 11.2. The van der Waals surface area contributed by atoms with Gasteiger partial charge in [0.05, 0.1) is 25.5 Å². The van der Waals surface area contributed by atoms with E-state index in [-0.39, 0.29) is 24.3 Å². The molecule has 6 nitrogen and oxygen atoms in total. The molecule has 1 unspecified atom stereocenters. The zero-order valence-electron chi connectivity index (χ0n) is 14.2. The number of aliphatic hydroxyl groups excluding tert-OH is 1. The van der Waals surface area contributed by atoms with Crippen molar-refractivity contribution in [3.05, 3.63) is 41.3 Å². The van der Waals surface area contributed by atoms with Crippen LogP contribution >= 0.6 is 11.3 Å². The van der Waals surface area contributed by atoms with Gasteiger partial charge in [-0.1, -0.05) is 0 Å². The fraction of sp³-hybridized carbons (Fsp3) is 0.333. The van der Waals surface area contributed by atoms with E-state index in [1.54, 1.807) is 33.0 Å². The number of aromatic nitrogens is 2. The summed E-state index contributed by atoms with van der Waals surface area (Å²) in [6, 6.07) is 4.53. The van der Waals surface area contributed by atoms with Crippen molar-refractivity contribution in [2.24, 2.45) is 0 Å². The van der Waals surface area contributed by atoms with Crippen molar-refractivity contribution in [2.45, 2.75) is 18.9 Å². The van der Waals surface area contributed by atoms with Crippen LogP contribution < -0.4 is 4.74 Å². The molecule has 0 saturated carbocycles. The highest BCUT2D eigenvalue weighted by Crippen LogP contribution is 2.28. The molecule has 1 fully saturated rings. The van der Waals surface area contributed by atoms with Crippen LogP contribution in [0.25, 0.3) is 16.2 Å². The van der Waals surface area contributed by atoms with Crippen LogP contribution in [-0.4, -0.2) is 51.6 Å². The Morgan fingerprint density at radius 1 is 1.50 bits per heavy atom. The van der Waals surface area contributed by atoms with Gasteiger partial charge in [-0.15, -0.1) is 11.3 Å². The minimum Gasteiger partial charge on any atom is -0.494 e. The Bertz CT molecular complexity index is 968. The van der Waals surface area contributed by atoms with Gasteiger partial charge >= 0.3 is 0 Å². The number of likely N-dealkylation sites (tertiary alicyclic amines) is 1. The number of carbonyl (C=O) groups is 1. The van der Waals surface area contributed by atoms with Gasteiger partial charge in [-0.3, -0.25) is 9.20 Å². The Hall–Kier alpha value is -2.45.